The summed E-state index contributed by atoms with van der Waals surface area (Å²) in [5, 5.41) is 12.5. The molecule has 14 heavy (non-hydrogen) atoms. The highest BCUT2D eigenvalue weighted by Gasteiger charge is 2.00. The van der Waals surface area contributed by atoms with E-state index in [9.17, 15) is 5.11 Å². The Hall–Kier alpha value is -0.800. The number of hydrogen-bond acceptors (Lipinski definition) is 3. The van der Waals surface area contributed by atoms with Crippen molar-refractivity contribution in [1.82, 2.24) is 5.32 Å². The quantitative estimate of drug-likeness (QED) is 0.684. The maximum absolute atomic E-state index is 9.30. The molecule has 1 aromatic heterocycles. The largest absolute Gasteiger partial charge is 0.465 e. The van der Waals surface area contributed by atoms with E-state index in [1.807, 2.05) is 26.0 Å². The molecule has 0 aliphatic rings. The van der Waals surface area contributed by atoms with E-state index in [1.54, 1.807) is 0 Å². The molecule has 0 aromatic carbocycles. The third-order valence-electron chi connectivity index (χ3n) is 2.22. The van der Waals surface area contributed by atoms with Gasteiger partial charge in [0.15, 0.2) is 0 Å². The van der Waals surface area contributed by atoms with Gasteiger partial charge >= 0.3 is 0 Å². The summed E-state index contributed by atoms with van der Waals surface area (Å²) in [5.41, 5.74) is 0. The molecular formula is C11H19NO2. The summed E-state index contributed by atoms with van der Waals surface area (Å²) in [7, 11) is 0. The molecule has 1 atom stereocenters. The number of hydrogen-bond donors (Lipinski definition) is 2. The summed E-state index contributed by atoms with van der Waals surface area (Å²) in [6, 6.07) is 3.93. The van der Waals surface area contributed by atoms with Gasteiger partial charge in [-0.3, -0.25) is 0 Å². The van der Waals surface area contributed by atoms with Gasteiger partial charge in [0, 0.05) is 0 Å². The van der Waals surface area contributed by atoms with Crippen LogP contribution in [0.25, 0.3) is 0 Å². The predicted molar refractivity (Wildman–Crippen MR) is 56.1 cm³/mol. The highest BCUT2D eigenvalue weighted by molar-refractivity contribution is 5.04. The molecule has 3 heteroatoms. The molecule has 1 unspecified atom stereocenters. The van der Waals surface area contributed by atoms with Crippen LogP contribution in [0.1, 0.15) is 31.3 Å². The van der Waals surface area contributed by atoms with Crippen LogP contribution in [0.4, 0.5) is 0 Å². The first kappa shape index (κ1) is 11.3. The SMILES string of the molecule is CCC(O)CCNCc1ccc(C)o1. The van der Waals surface area contributed by atoms with E-state index in [-0.39, 0.29) is 6.10 Å². The molecule has 2 N–H and O–H groups in total. The van der Waals surface area contributed by atoms with E-state index < -0.39 is 0 Å². The number of aryl methyl sites for hydroxylation is 1. The van der Waals surface area contributed by atoms with Crippen molar-refractivity contribution in [2.24, 2.45) is 0 Å². The Morgan fingerprint density at radius 3 is 2.86 bits per heavy atom. The molecule has 0 aliphatic heterocycles. The van der Waals surface area contributed by atoms with Crippen LogP contribution >= 0.6 is 0 Å². The van der Waals surface area contributed by atoms with Crippen molar-refractivity contribution in [3.8, 4) is 0 Å². The lowest BCUT2D eigenvalue weighted by molar-refractivity contribution is 0.159. The number of aliphatic hydroxyl groups is 1. The first-order chi connectivity index (χ1) is 6.72. The first-order valence-electron chi connectivity index (χ1n) is 5.16. The van der Waals surface area contributed by atoms with Gasteiger partial charge in [-0.25, -0.2) is 0 Å². The average molecular weight is 197 g/mol. The molecule has 0 saturated carbocycles. The predicted octanol–water partition coefficient (Wildman–Crippen LogP) is 1.84. The standard InChI is InChI=1S/C11H19NO2/c1-3-10(13)6-7-12-8-11-5-4-9(2)14-11/h4-5,10,12-13H,3,6-8H2,1-2H3. The van der Waals surface area contributed by atoms with E-state index in [0.717, 1.165) is 37.5 Å². The zero-order valence-electron chi connectivity index (χ0n) is 8.92. The summed E-state index contributed by atoms with van der Waals surface area (Å²) < 4.78 is 5.39. The summed E-state index contributed by atoms with van der Waals surface area (Å²) in [4.78, 5) is 0. The lowest BCUT2D eigenvalue weighted by atomic mass is 10.2. The van der Waals surface area contributed by atoms with Crippen molar-refractivity contribution in [3.63, 3.8) is 0 Å². The van der Waals surface area contributed by atoms with Crippen molar-refractivity contribution in [2.45, 2.75) is 39.3 Å². The second-order valence-corrected chi connectivity index (χ2v) is 3.54. The minimum absolute atomic E-state index is 0.180. The summed E-state index contributed by atoms with van der Waals surface area (Å²) in [6.07, 6.45) is 1.44. The van der Waals surface area contributed by atoms with Gasteiger partial charge in [0.1, 0.15) is 11.5 Å². The van der Waals surface area contributed by atoms with E-state index >= 15 is 0 Å². The van der Waals surface area contributed by atoms with Gasteiger partial charge in [0.2, 0.25) is 0 Å². The maximum atomic E-state index is 9.30. The number of nitrogens with one attached hydrogen (secondary N) is 1. The average Bonchev–Trinajstić information content (AvgIpc) is 2.58. The molecular weight excluding hydrogens is 178 g/mol. The van der Waals surface area contributed by atoms with Crippen LogP contribution in [-0.4, -0.2) is 17.8 Å². The third kappa shape index (κ3) is 3.94. The van der Waals surface area contributed by atoms with Crippen molar-refractivity contribution >= 4 is 0 Å². The van der Waals surface area contributed by atoms with E-state index in [4.69, 9.17) is 4.42 Å². The highest BCUT2D eigenvalue weighted by atomic mass is 16.3. The van der Waals surface area contributed by atoms with Crippen LogP contribution in [0.15, 0.2) is 16.5 Å². The van der Waals surface area contributed by atoms with Crippen LogP contribution in [-0.2, 0) is 6.54 Å². The van der Waals surface area contributed by atoms with Crippen LogP contribution in [0.2, 0.25) is 0 Å². The van der Waals surface area contributed by atoms with Crippen LogP contribution in [0.3, 0.4) is 0 Å². The molecule has 80 valence electrons. The Morgan fingerprint density at radius 2 is 2.29 bits per heavy atom. The Bertz CT molecular complexity index is 258. The van der Waals surface area contributed by atoms with Crippen molar-refractivity contribution < 1.29 is 9.52 Å². The van der Waals surface area contributed by atoms with Crippen molar-refractivity contribution in [2.75, 3.05) is 6.54 Å². The Labute approximate surface area is 85.1 Å². The van der Waals surface area contributed by atoms with Gasteiger partial charge in [-0.2, -0.15) is 0 Å². The fraction of sp³-hybridized carbons (Fsp3) is 0.636. The monoisotopic (exact) mass is 197 g/mol. The molecule has 0 aliphatic carbocycles. The van der Waals surface area contributed by atoms with E-state index in [1.165, 1.54) is 0 Å². The minimum atomic E-state index is -0.180. The second-order valence-electron chi connectivity index (χ2n) is 3.54. The molecule has 1 aromatic rings. The summed E-state index contributed by atoms with van der Waals surface area (Å²) in [6.45, 7) is 5.49. The molecule has 1 rings (SSSR count). The molecule has 0 saturated heterocycles. The number of aliphatic hydroxyl groups excluding tert-OH is 1. The topological polar surface area (TPSA) is 45.4 Å². The third-order valence-corrected chi connectivity index (χ3v) is 2.22. The van der Waals surface area contributed by atoms with Crippen molar-refractivity contribution in [1.29, 1.82) is 0 Å². The van der Waals surface area contributed by atoms with E-state index in [2.05, 4.69) is 5.32 Å². The van der Waals surface area contributed by atoms with Gasteiger partial charge in [-0.15, -0.1) is 0 Å². The molecule has 0 radical (unpaired) electrons. The van der Waals surface area contributed by atoms with Crippen molar-refractivity contribution in [3.05, 3.63) is 23.7 Å². The molecule has 0 spiro atoms. The summed E-state index contributed by atoms with van der Waals surface area (Å²) in [5.74, 6) is 1.89. The molecule has 0 bridgehead atoms. The number of rotatable bonds is 6. The molecule has 0 amide bonds. The lowest BCUT2D eigenvalue weighted by Crippen LogP contribution is -2.19. The smallest absolute Gasteiger partial charge is 0.117 e. The van der Waals surface area contributed by atoms with Gasteiger partial charge in [0.25, 0.3) is 0 Å². The van der Waals surface area contributed by atoms with Crippen LogP contribution < -0.4 is 5.32 Å². The zero-order valence-corrected chi connectivity index (χ0v) is 8.92. The fourth-order valence-electron chi connectivity index (χ4n) is 1.26. The molecule has 0 fully saturated rings. The highest BCUT2D eigenvalue weighted by Crippen LogP contribution is 2.05. The van der Waals surface area contributed by atoms with Gasteiger partial charge < -0.3 is 14.8 Å². The lowest BCUT2D eigenvalue weighted by Gasteiger charge is -2.07. The van der Waals surface area contributed by atoms with Gasteiger partial charge in [-0.05, 0) is 38.4 Å². The Balaban J connectivity index is 2.10. The Morgan fingerprint density at radius 1 is 1.50 bits per heavy atom. The van der Waals surface area contributed by atoms with Crippen LogP contribution in [0.5, 0.6) is 0 Å². The maximum Gasteiger partial charge on any atom is 0.117 e. The zero-order chi connectivity index (χ0) is 10.4. The normalized spacial score (nSPS) is 13.1. The Kier molecular flexibility index (Phi) is 4.70. The van der Waals surface area contributed by atoms with Gasteiger partial charge in [-0.1, -0.05) is 6.92 Å². The fourth-order valence-corrected chi connectivity index (χ4v) is 1.26. The second kappa shape index (κ2) is 5.83. The molecule has 1 heterocycles. The minimum Gasteiger partial charge on any atom is -0.465 e. The number of furan rings is 1. The molecule has 3 nitrogen and oxygen atoms in total. The van der Waals surface area contributed by atoms with E-state index in [0.29, 0.717) is 0 Å². The first-order valence-corrected chi connectivity index (χ1v) is 5.16. The van der Waals surface area contributed by atoms with Gasteiger partial charge in [0.05, 0.1) is 12.6 Å². The van der Waals surface area contributed by atoms with Crippen LogP contribution in [0, 0.1) is 6.92 Å². The summed E-state index contributed by atoms with van der Waals surface area (Å²) >= 11 is 0.